The molecule has 1 heterocycles. The first kappa shape index (κ1) is 27.4. The summed E-state index contributed by atoms with van der Waals surface area (Å²) in [6.07, 6.45) is 21.9. The summed E-state index contributed by atoms with van der Waals surface area (Å²) in [4.78, 5) is 15.6. The molecule has 0 aliphatic heterocycles. The molecule has 3 heteroatoms. The van der Waals surface area contributed by atoms with Crippen LogP contribution >= 0.6 is 0 Å². The minimum atomic E-state index is -0.310. The van der Waals surface area contributed by atoms with Gasteiger partial charge in [-0.25, -0.2) is 9.78 Å². The lowest BCUT2D eigenvalue weighted by Crippen LogP contribution is -2.03. The van der Waals surface area contributed by atoms with Crippen LogP contribution in [0.15, 0.2) is 21.3 Å². The van der Waals surface area contributed by atoms with Crippen molar-refractivity contribution < 1.29 is 4.42 Å². The van der Waals surface area contributed by atoms with Gasteiger partial charge in [0.1, 0.15) is 0 Å². The van der Waals surface area contributed by atoms with Crippen LogP contribution in [0.25, 0.3) is 10.9 Å². The van der Waals surface area contributed by atoms with E-state index in [9.17, 15) is 4.79 Å². The van der Waals surface area contributed by atoms with Crippen LogP contribution in [0.4, 0.5) is 0 Å². The maximum absolute atomic E-state index is 11.5. The van der Waals surface area contributed by atoms with E-state index in [0.29, 0.717) is 16.8 Å². The second-order valence-electron chi connectivity index (χ2n) is 9.07. The van der Waals surface area contributed by atoms with E-state index in [0.717, 1.165) is 11.1 Å². The minimum absolute atomic E-state index is 0.310. The largest absolute Gasteiger partial charge is 0.408 e. The number of nitrogens with zero attached hydrogens (tertiary/aromatic N) is 1. The highest BCUT2D eigenvalue weighted by molar-refractivity contribution is 5.78. The zero-order valence-electron chi connectivity index (χ0n) is 21.0. The predicted molar refractivity (Wildman–Crippen MR) is 135 cm³/mol. The summed E-state index contributed by atoms with van der Waals surface area (Å²) in [5, 5.41) is 0.554. The Morgan fingerprint density at radius 2 is 1.03 bits per heavy atom. The molecule has 0 atom stereocenters. The third-order valence-electron chi connectivity index (χ3n) is 6.06. The lowest BCUT2D eigenvalue weighted by molar-refractivity contribution is 0.467. The van der Waals surface area contributed by atoms with Crippen LogP contribution in [0.5, 0.6) is 0 Å². The van der Waals surface area contributed by atoms with E-state index >= 15 is 0 Å². The fourth-order valence-corrected chi connectivity index (χ4v) is 3.88. The van der Waals surface area contributed by atoms with E-state index in [1.807, 2.05) is 26.0 Å². The van der Waals surface area contributed by atoms with Crippen LogP contribution in [0.2, 0.25) is 0 Å². The SMILES string of the molecule is CCCCCCCCCCCCCCCCC.Cc1nc2cc(C)c(C)cc2c(=O)o1. The first-order valence-electron chi connectivity index (χ1n) is 12.9. The van der Waals surface area contributed by atoms with Crippen molar-refractivity contribution in [1.29, 1.82) is 0 Å². The molecule has 0 saturated carbocycles. The minimum Gasteiger partial charge on any atom is -0.408 e. The quantitative estimate of drug-likeness (QED) is 0.281. The normalized spacial score (nSPS) is 10.9. The van der Waals surface area contributed by atoms with Gasteiger partial charge in [-0.05, 0) is 37.1 Å². The van der Waals surface area contributed by atoms with Crippen LogP contribution in [-0.4, -0.2) is 4.98 Å². The van der Waals surface area contributed by atoms with Gasteiger partial charge in [-0.3, -0.25) is 0 Å². The molecular formula is C28H47NO2. The van der Waals surface area contributed by atoms with E-state index in [2.05, 4.69) is 18.8 Å². The standard InChI is InChI=1S/C17H36.C11H11NO2/c1-3-5-7-9-11-13-15-17-16-14-12-10-8-6-4-2;1-6-4-9-10(5-7(6)2)12-8(3)14-11(9)13/h3-17H2,1-2H3;4-5H,1-3H3. The maximum atomic E-state index is 11.5. The van der Waals surface area contributed by atoms with Crippen LogP contribution in [0, 0.1) is 20.8 Å². The zero-order chi connectivity index (χ0) is 22.9. The van der Waals surface area contributed by atoms with Crippen molar-refractivity contribution in [3.05, 3.63) is 39.6 Å². The number of benzene rings is 1. The summed E-state index contributed by atoms with van der Waals surface area (Å²) < 4.78 is 4.92. The number of hydrogen-bond donors (Lipinski definition) is 0. The Balaban J connectivity index is 0.000000314. The van der Waals surface area contributed by atoms with E-state index in [1.54, 1.807) is 6.92 Å². The summed E-state index contributed by atoms with van der Waals surface area (Å²) in [5.41, 5.74) is 2.61. The Kier molecular flexibility index (Phi) is 15.0. The number of unbranched alkanes of at least 4 members (excludes halogenated alkanes) is 14. The average molecular weight is 430 g/mol. The van der Waals surface area contributed by atoms with E-state index in [1.165, 1.54) is 96.3 Å². The van der Waals surface area contributed by atoms with Crippen LogP contribution in [-0.2, 0) is 0 Å². The third kappa shape index (κ3) is 12.1. The van der Waals surface area contributed by atoms with Crippen LogP contribution in [0.1, 0.15) is 127 Å². The van der Waals surface area contributed by atoms with Crippen molar-refractivity contribution in [2.75, 3.05) is 0 Å². The Morgan fingerprint density at radius 3 is 1.45 bits per heavy atom. The second kappa shape index (κ2) is 17.0. The number of fused-ring (bicyclic) bond motifs is 1. The average Bonchev–Trinajstić information content (AvgIpc) is 2.73. The second-order valence-corrected chi connectivity index (χ2v) is 9.07. The van der Waals surface area contributed by atoms with Gasteiger partial charge in [0.05, 0.1) is 10.9 Å². The monoisotopic (exact) mass is 429 g/mol. The van der Waals surface area contributed by atoms with Crippen molar-refractivity contribution in [1.82, 2.24) is 4.98 Å². The Bertz CT molecular complexity index is 764. The predicted octanol–water partition coefficient (Wildman–Crippen LogP) is 8.99. The molecule has 1 aromatic heterocycles. The van der Waals surface area contributed by atoms with E-state index in [4.69, 9.17) is 4.42 Å². The summed E-state index contributed by atoms with van der Waals surface area (Å²) in [5.74, 6) is 0.408. The van der Waals surface area contributed by atoms with Crippen molar-refractivity contribution in [3.63, 3.8) is 0 Å². The summed E-state index contributed by atoms with van der Waals surface area (Å²) in [6.45, 7) is 10.2. The molecular weight excluding hydrogens is 382 g/mol. The summed E-state index contributed by atoms with van der Waals surface area (Å²) >= 11 is 0. The molecule has 0 saturated heterocycles. The molecule has 0 aliphatic rings. The smallest absolute Gasteiger partial charge is 0.346 e. The van der Waals surface area contributed by atoms with Gasteiger partial charge in [0.2, 0.25) is 0 Å². The number of rotatable bonds is 14. The van der Waals surface area contributed by atoms with Gasteiger partial charge in [-0.15, -0.1) is 0 Å². The molecule has 2 rings (SSSR count). The van der Waals surface area contributed by atoms with Crippen molar-refractivity contribution in [2.24, 2.45) is 0 Å². The lowest BCUT2D eigenvalue weighted by Gasteiger charge is -2.02. The number of aryl methyl sites for hydroxylation is 3. The van der Waals surface area contributed by atoms with Crippen molar-refractivity contribution >= 4 is 10.9 Å². The molecule has 31 heavy (non-hydrogen) atoms. The van der Waals surface area contributed by atoms with Gasteiger partial charge >= 0.3 is 5.63 Å². The molecule has 0 amide bonds. The maximum Gasteiger partial charge on any atom is 0.346 e. The molecule has 0 N–H and O–H groups in total. The van der Waals surface area contributed by atoms with E-state index < -0.39 is 0 Å². The third-order valence-corrected chi connectivity index (χ3v) is 6.06. The van der Waals surface area contributed by atoms with Gasteiger partial charge < -0.3 is 4.42 Å². The molecule has 1 aromatic carbocycles. The molecule has 3 nitrogen and oxygen atoms in total. The lowest BCUT2D eigenvalue weighted by atomic mass is 10.0. The fraction of sp³-hybridized carbons (Fsp3) is 0.714. The van der Waals surface area contributed by atoms with Crippen molar-refractivity contribution in [2.45, 2.75) is 131 Å². The molecule has 0 spiro atoms. The highest BCUT2D eigenvalue weighted by Gasteiger charge is 2.05. The Labute approximate surface area is 191 Å². The Hall–Kier alpha value is -1.64. The molecule has 0 aliphatic carbocycles. The van der Waals surface area contributed by atoms with Crippen LogP contribution in [0.3, 0.4) is 0 Å². The zero-order valence-corrected chi connectivity index (χ0v) is 21.0. The Morgan fingerprint density at radius 1 is 0.645 bits per heavy atom. The summed E-state index contributed by atoms with van der Waals surface area (Å²) in [6, 6.07) is 3.73. The molecule has 0 fully saturated rings. The molecule has 0 unspecified atom stereocenters. The molecule has 0 bridgehead atoms. The van der Waals surface area contributed by atoms with Gasteiger partial charge in [-0.1, -0.05) is 110 Å². The van der Waals surface area contributed by atoms with E-state index in [-0.39, 0.29) is 5.63 Å². The fourth-order valence-electron chi connectivity index (χ4n) is 3.88. The number of hydrogen-bond acceptors (Lipinski definition) is 3. The first-order chi connectivity index (χ1) is 15.0. The van der Waals surface area contributed by atoms with Gasteiger partial charge in [0.25, 0.3) is 0 Å². The molecule has 2 aromatic rings. The van der Waals surface area contributed by atoms with Gasteiger partial charge in [-0.2, -0.15) is 0 Å². The first-order valence-corrected chi connectivity index (χ1v) is 12.9. The van der Waals surface area contributed by atoms with Gasteiger partial charge in [0, 0.05) is 6.92 Å². The van der Waals surface area contributed by atoms with Gasteiger partial charge in [0.15, 0.2) is 5.89 Å². The molecule has 176 valence electrons. The molecule has 0 radical (unpaired) electrons. The highest BCUT2D eigenvalue weighted by Crippen LogP contribution is 2.15. The summed E-state index contributed by atoms with van der Waals surface area (Å²) in [7, 11) is 0. The van der Waals surface area contributed by atoms with Crippen molar-refractivity contribution in [3.8, 4) is 0 Å². The highest BCUT2D eigenvalue weighted by atomic mass is 16.4. The number of aromatic nitrogens is 1. The topological polar surface area (TPSA) is 43.1 Å². The van der Waals surface area contributed by atoms with Crippen LogP contribution < -0.4 is 5.63 Å².